The van der Waals surface area contributed by atoms with Crippen molar-refractivity contribution in [2.24, 2.45) is 5.73 Å². The first-order valence-electron chi connectivity index (χ1n) is 6.19. The Kier molecular flexibility index (Phi) is 4.18. The Morgan fingerprint density at radius 1 is 1.24 bits per heavy atom. The number of rotatable bonds is 3. The monoisotopic (exact) mass is 232 g/mol. The van der Waals surface area contributed by atoms with E-state index in [1.165, 1.54) is 11.3 Å². The van der Waals surface area contributed by atoms with Crippen LogP contribution in [0.2, 0.25) is 0 Å². The summed E-state index contributed by atoms with van der Waals surface area (Å²) in [4.78, 5) is 2.32. The number of piperidine rings is 1. The van der Waals surface area contributed by atoms with Gasteiger partial charge in [-0.15, -0.1) is 0 Å². The third-order valence-electron chi connectivity index (χ3n) is 3.17. The van der Waals surface area contributed by atoms with E-state index in [2.05, 4.69) is 29.2 Å². The molecule has 0 radical (unpaired) electrons. The summed E-state index contributed by atoms with van der Waals surface area (Å²) in [5.74, 6) is 0. The normalized spacial score (nSPS) is 17.9. The second kappa shape index (κ2) is 5.84. The van der Waals surface area contributed by atoms with Crippen LogP contribution in [0.25, 0.3) is 6.08 Å². The molecule has 17 heavy (non-hydrogen) atoms. The molecule has 1 fully saturated rings. The van der Waals surface area contributed by atoms with Crippen LogP contribution in [0.4, 0.5) is 5.69 Å². The molecule has 3 nitrogen and oxygen atoms in total. The topological polar surface area (TPSA) is 49.5 Å². The van der Waals surface area contributed by atoms with Crippen molar-refractivity contribution in [1.29, 1.82) is 0 Å². The van der Waals surface area contributed by atoms with Gasteiger partial charge in [0.15, 0.2) is 0 Å². The van der Waals surface area contributed by atoms with Gasteiger partial charge in [0, 0.05) is 25.3 Å². The van der Waals surface area contributed by atoms with Crippen LogP contribution in [0.3, 0.4) is 0 Å². The number of benzene rings is 1. The SMILES string of the molecule is NCC=Cc1ccc(N2CCC(O)CC2)cc1. The molecule has 1 aliphatic rings. The smallest absolute Gasteiger partial charge is 0.0574 e. The second-order valence-corrected chi connectivity index (χ2v) is 4.45. The molecule has 0 saturated carbocycles. The van der Waals surface area contributed by atoms with Crippen LogP contribution in [0.1, 0.15) is 18.4 Å². The third-order valence-corrected chi connectivity index (χ3v) is 3.17. The van der Waals surface area contributed by atoms with Crippen molar-refractivity contribution in [1.82, 2.24) is 0 Å². The Balaban J connectivity index is 2.00. The molecule has 0 bridgehead atoms. The molecule has 1 aromatic rings. The summed E-state index contributed by atoms with van der Waals surface area (Å²) < 4.78 is 0. The lowest BCUT2D eigenvalue weighted by atomic mass is 10.1. The Bertz CT molecular complexity index is 364. The van der Waals surface area contributed by atoms with Crippen LogP contribution in [-0.2, 0) is 0 Å². The maximum absolute atomic E-state index is 9.47. The second-order valence-electron chi connectivity index (χ2n) is 4.45. The lowest BCUT2D eigenvalue weighted by molar-refractivity contribution is 0.145. The molecule has 2 rings (SSSR count). The zero-order chi connectivity index (χ0) is 12.1. The zero-order valence-electron chi connectivity index (χ0n) is 10.0. The number of aliphatic hydroxyl groups is 1. The van der Waals surface area contributed by atoms with E-state index in [1.807, 2.05) is 12.2 Å². The number of nitrogens with zero attached hydrogens (tertiary/aromatic N) is 1. The lowest BCUT2D eigenvalue weighted by Crippen LogP contribution is -2.35. The van der Waals surface area contributed by atoms with E-state index in [1.54, 1.807) is 0 Å². The van der Waals surface area contributed by atoms with Crippen molar-refractivity contribution < 1.29 is 5.11 Å². The molecule has 3 N–H and O–H groups in total. The molecular weight excluding hydrogens is 212 g/mol. The molecule has 0 amide bonds. The Labute approximate surface area is 103 Å². The zero-order valence-corrected chi connectivity index (χ0v) is 10.0. The Hall–Kier alpha value is -1.32. The number of hydrogen-bond acceptors (Lipinski definition) is 3. The fourth-order valence-electron chi connectivity index (χ4n) is 2.12. The van der Waals surface area contributed by atoms with Gasteiger partial charge in [-0.1, -0.05) is 24.3 Å². The number of hydrogen-bond donors (Lipinski definition) is 2. The Morgan fingerprint density at radius 3 is 2.47 bits per heavy atom. The maximum atomic E-state index is 9.47. The van der Waals surface area contributed by atoms with Gasteiger partial charge in [0.25, 0.3) is 0 Å². The minimum absolute atomic E-state index is 0.113. The van der Waals surface area contributed by atoms with E-state index in [9.17, 15) is 5.11 Å². The highest BCUT2D eigenvalue weighted by Crippen LogP contribution is 2.20. The molecule has 3 heteroatoms. The van der Waals surface area contributed by atoms with E-state index in [4.69, 9.17) is 5.73 Å². The van der Waals surface area contributed by atoms with Gasteiger partial charge >= 0.3 is 0 Å². The number of aliphatic hydroxyl groups excluding tert-OH is 1. The van der Waals surface area contributed by atoms with Gasteiger partial charge in [-0.05, 0) is 30.5 Å². The molecule has 1 saturated heterocycles. The summed E-state index contributed by atoms with van der Waals surface area (Å²) in [6.07, 6.45) is 5.61. The lowest BCUT2D eigenvalue weighted by Gasteiger charge is -2.31. The predicted molar refractivity (Wildman–Crippen MR) is 72.0 cm³/mol. The van der Waals surface area contributed by atoms with E-state index in [0.717, 1.165) is 25.9 Å². The largest absolute Gasteiger partial charge is 0.393 e. The average molecular weight is 232 g/mol. The van der Waals surface area contributed by atoms with E-state index in [-0.39, 0.29) is 6.10 Å². The predicted octanol–water partition coefficient (Wildman–Crippen LogP) is 1.62. The van der Waals surface area contributed by atoms with Crippen molar-refractivity contribution in [3.63, 3.8) is 0 Å². The Morgan fingerprint density at radius 2 is 1.88 bits per heavy atom. The summed E-state index contributed by atoms with van der Waals surface area (Å²) in [6.45, 7) is 2.46. The summed E-state index contributed by atoms with van der Waals surface area (Å²) in [7, 11) is 0. The molecule has 1 aliphatic heterocycles. The average Bonchev–Trinajstić information content (AvgIpc) is 2.38. The van der Waals surface area contributed by atoms with Gasteiger partial charge in [-0.25, -0.2) is 0 Å². The van der Waals surface area contributed by atoms with E-state index < -0.39 is 0 Å². The first-order chi connectivity index (χ1) is 8.29. The van der Waals surface area contributed by atoms with Gasteiger partial charge < -0.3 is 15.7 Å². The van der Waals surface area contributed by atoms with Crippen molar-refractivity contribution >= 4 is 11.8 Å². The molecule has 0 atom stereocenters. The van der Waals surface area contributed by atoms with Gasteiger partial charge in [-0.2, -0.15) is 0 Å². The number of nitrogens with two attached hydrogens (primary N) is 1. The fraction of sp³-hybridized carbons (Fsp3) is 0.429. The molecule has 1 aromatic carbocycles. The molecule has 0 spiro atoms. The van der Waals surface area contributed by atoms with Crippen molar-refractivity contribution in [2.45, 2.75) is 18.9 Å². The van der Waals surface area contributed by atoms with Crippen LogP contribution >= 0.6 is 0 Å². The summed E-state index contributed by atoms with van der Waals surface area (Å²) in [6, 6.07) is 8.47. The van der Waals surface area contributed by atoms with Crippen molar-refractivity contribution in [3.8, 4) is 0 Å². The van der Waals surface area contributed by atoms with Crippen LogP contribution in [0.15, 0.2) is 30.3 Å². The van der Waals surface area contributed by atoms with Crippen molar-refractivity contribution in [2.75, 3.05) is 24.5 Å². The van der Waals surface area contributed by atoms with Crippen LogP contribution < -0.4 is 10.6 Å². The summed E-state index contributed by atoms with van der Waals surface area (Å²) in [5.41, 5.74) is 7.83. The molecule has 0 unspecified atom stereocenters. The highest BCUT2D eigenvalue weighted by molar-refractivity contribution is 5.56. The number of anilines is 1. The molecule has 92 valence electrons. The molecule has 0 aliphatic carbocycles. The highest BCUT2D eigenvalue weighted by atomic mass is 16.3. The van der Waals surface area contributed by atoms with Crippen LogP contribution in [0, 0.1) is 0 Å². The third kappa shape index (κ3) is 3.32. The first-order valence-corrected chi connectivity index (χ1v) is 6.19. The standard InChI is InChI=1S/C14H20N2O/c15-9-1-2-12-3-5-13(6-4-12)16-10-7-14(17)8-11-16/h1-6,14,17H,7-11,15H2. The fourth-order valence-corrected chi connectivity index (χ4v) is 2.12. The van der Waals surface area contributed by atoms with Gasteiger partial charge in [-0.3, -0.25) is 0 Å². The minimum Gasteiger partial charge on any atom is -0.393 e. The summed E-state index contributed by atoms with van der Waals surface area (Å²) in [5, 5.41) is 9.47. The quantitative estimate of drug-likeness (QED) is 0.832. The summed E-state index contributed by atoms with van der Waals surface area (Å²) >= 11 is 0. The van der Waals surface area contributed by atoms with E-state index in [0.29, 0.717) is 6.54 Å². The maximum Gasteiger partial charge on any atom is 0.0574 e. The van der Waals surface area contributed by atoms with Crippen LogP contribution in [0.5, 0.6) is 0 Å². The molecule has 1 heterocycles. The molecule has 0 aromatic heterocycles. The minimum atomic E-state index is -0.113. The first kappa shape index (κ1) is 12.1. The highest BCUT2D eigenvalue weighted by Gasteiger charge is 2.16. The van der Waals surface area contributed by atoms with Gasteiger partial charge in [0.1, 0.15) is 0 Å². The van der Waals surface area contributed by atoms with Gasteiger partial charge in [0.05, 0.1) is 6.10 Å². The van der Waals surface area contributed by atoms with E-state index >= 15 is 0 Å². The van der Waals surface area contributed by atoms with Crippen molar-refractivity contribution in [3.05, 3.63) is 35.9 Å². The molecular formula is C14H20N2O. The van der Waals surface area contributed by atoms with Crippen LogP contribution in [-0.4, -0.2) is 30.8 Å². The van der Waals surface area contributed by atoms with Gasteiger partial charge in [0.2, 0.25) is 0 Å².